The lowest BCUT2D eigenvalue weighted by atomic mass is 10.0. The summed E-state index contributed by atoms with van der Waals surface area (Å²) < 4.78 is 6.13. The van der Waals surface area contributed by atoms with Gasteiger partial charge in [0, 0.05) is 0 Å². The molecule has 0 aliphatic carbocycles. The molecule has 0 saturated heterocycles. The van der Waals surface area contributed by atoms with Gasteiger partial charge >= 0.3 is 5.69 Å². The van der Waals surface area contributed by atoms with E-state index >= 15 is 0 Å². The first-order chi connectivity index (χ1) is 13.8. The van der Waals surface area contributed by atoms with Crippen LogP contribution < -0.4 is 16.0 Å². The summed E-state index contributed by atoms with van der Waals surface area (Å²) >= 11 is 0. The van der Waals surface area contributed by atoms with Gasteiger partial charge in [0.25, 0.3) is 5.56 Å². The lowest BCUT2D eigenvalue weighted by Crippen LogP contribution is -2.32. The van der Waals surface area contributed by atoms with Crippen molar-refractivity contribution in [2.75, 3.05) is 7.11 Å². The zero-order valence-corrected chi connectivity index (χ0v) is 16.8. The highest BCUT2D eigenvalue weighted by Crippen LogP contribution is 2.23. The minimum Gasteiger partial charge on any atom is -0.497 e. The zero-order chi connectivity index (χ0) is 21.1. The van der Waals surface area contributed by atoms with Crippen molar-refractivity contribution in [2.24, 2.45) is 4.99 Å². The van der Waals surface area contributed by atoms with Gasteiger partial charge in [0.05, 0.1) is 24.2 Å². The lowest BCUT2D eigenvalue weighted by molar-refractivity contribution is 0.414. The molecule has 3 rings (SSSR count). The molecule has 0 amide bonds. The molecule has 0 aliphatic heterocycles. The monoisotopic (exact) mass is 393 g/mol. The van der Waals surface area contributed by atoms with Gasteiger partial charge in [0.15, 0.2) is 0 Å². The second-order valence-electron chi connectivity index (χ2n) is 6.93. The molecule has 150 valence electrons. The Labute approximate surface area is 168 Å². The number of ether oxygens (including phenoxy) is 1. The van der Waals surface area contributed by atoms with Crippen LogP contribution in [0.1, 0.15) is 37.8 Å². The Morgan fingerprint density at radius 1 is 1.07 bits per heavy atom. The van der Waals surface area contributed by atoms with Crippen LogP contribution in [0.3, 0.4) is 0 Å². The van der Waals surface area contributed by atoms with E-state index in [9.17, 15) is 14.7 Å². The number of methoxy groups -OCH3 is 1. The summed E-state index contributed by atoms with van der Waals surface area (Å²) in [6, 6.07) is 14.2. The molecule has 0 saturated carbocycles. The van der Waals surface area contributed by atoms with E-state index in [4.69, 9.17) is 4.74 Å². The van der Waals surface area contributed by atoms with Crippen molar-refractivity contribution in [1.29, 1.82) is 0 Å². The third kappa shape index (κ3) is 4.13. The number of nitrogens with one attached hydrogen (secondary N) is 1. The van der Waals surface area contributed by atoms with Crippen LogP contribution in [-0.2, 0) is 0 Å². The highest BCUT2D eigenvalue weighted by Gasteiger charge is 2.18. The number of H-pyrrole nitrogens is 1. The van der Waals surface area contributed by atoms with Gasteiger partial charge in [-0.1, -0.05) is 26.0 Å². The first kappa shape index (κ1) is 20.1. The van der Waals surface area contributed by atoms with Gasteiger partial charge in [-0.3, -0.25) is 14.8 Å². The zero-order valence-electron chi connectivity index (χ0n) is 16.8. The van der Waals surface area contributed by atoms with Crippen molar-refractivity contribution < 1.29 is 9.84 Å². The predicted molar refractivity (Wildman–Crippen MR) is 113 cm³/mol. The highest BCUT2D eigenvalue weighted by molar-refractivity contribution is 6.01. The number of nitrogens with zero attached hydrogens (tertiary/aromatic N) is 2. The summed E-state index contributed by atoms with van der Waals surface area (Å²) in [5.74, 6) is 0.534. The number of rotatable bonds is 5. The molecule has 0 radical (unpaired) electrons. The Morgan fingerprint density at radius 2 is 1.69 bits per heavy atom. The standard InChI is InChI=1S/C22H23N3O4/c1-13(2)15-5-7-16(8-6-15)23-14(3)19-20(26)24-22(28)25(21(19)27)17-9-11-18(29-4)12-10-17/h5-13,27H,1-4H3,(H,24,26,28). The van der Waals surface area contributed by atoms with Gasteiger partial charge in [0.2, 0.25) is 5.88 Å². The lowest BCUT2D eigenvalue weighted by Gasteiger charge is -2.12. The van der Waals surface area contributed by atoms with Crippen LogP contribution in [0.4, 0.5) is 5.69 Å². The summed E-state index contributed by atoms with van der Waals surface area (Å²) in [6.45, 7) is 5.82. The number of aromatic hydroxyl groups is 1. The van der Waals surface area contributed by atoms with E-state index in [2.05, 4.69) is 23.8 Å². The topological polar surface area (TPSA) is 96.7 Å². The predicted octanol–water partition coefficient (Wildman–Crippen LogP) is 3.50. The van der Waals surface area contributed by atoms with Crippen molar-refractivity contribution in [1.82, 2.24) is 9.55 Å². The van der Waals surface area contributed by atoms with Crippen LogP contribution >= 0.6 is 0 Å². The number of aromatic nitrogens is 2. The summed E-state index contributed by atoms with van der Waals surface area (Å²) in [5.41, 5.74) is 1.01. The van der Waals surface area contributed by atoms with E-state index in [0.29, 0.717) is 28.8 Å². The molecule has 2 N–H and O–H groups in total. The Morgan fingerprint density at radius 3 is 2.24 bits per heavy atom. The van der Waals surface area contributed by atoms with Crippen molar-refractivity contribution in [3.8, 4) is 17.3 Å². The molecule has 1 heterocycles. The Kier molecular flexibility index (Phi) is 5.68. The van der Waals surface area contributed by atoms with Gasteiger partial charge in [-0.2, -0.15) is 0 Å². The first-order valence-corrected chi connectivity index (χ1v) is 9.20. The van der Waals surface area contributed by atoms with Crippen LogP contribution in [0.5, 0.6) is 11.6 Å². The minimum atomic E-state index is -0.740. The van der Waals surface area contributed by atoms with Gasteiger partial charge in [-0.25, -0.2) is 9.36 Å². The minimum absolute atomic E-state index is 0.0617. The van der Waals surface area contributed by atoms with Gasteiger partial charge in [0.1, 0.15) is 11.3 Å². The van der Waals surface area contributed by atoms with E-state index in [-0.39, 0.29) is 5.56 Å². The fourth-order valence-corrected chi connectivity index (χ4v) is 3.01. The Hall–Kier alpha value is -3.61. The van der Waals surface area contributed by atoms with Crippen molar-refractivity contribution in [3.05, 3.63) is 80.5 Å². The number of hydrogen-bond donors (Lipinski definition) is 2. The van der Waals surface area contributed by atoms with E-state index in [1.807, 2.05) is 24.3 Å². The SMILES string of the molecule is COc1ccc(-n2c(O)c(C(C)=Nc3ccc(C(C)C)cc3)c(=O)[nH]c2=O)cc1. The van der Waals surface area contributed by atoms with Crippen LogP contribution in [0.25, 0.3) is 5.69 Å². The fraction of sp³-hybridized carbons (Fsp3) is 0.227. The largest absolute Gasteiger partial charge is 0.497 e. The number of benzene rings is 2. The van der Waals surface area contributed by atoms with Crippen molar-refractivity contribution in [3.63, 3.8) is 0 Å². The molecule has 1 aromatic heterocycles. The maximum Gasteiger partial charge on any atom is 0.335 e. The van der Waals surface area contributed by atoms with Crippen LogP contribution in [0.15, 0.2) is 63.1 Å². The van der Waals surface area contributed by atoms with Crippen LogP contribution in [-0.4, -0.2) is 27.5 Å². The molecule has 0 unspecified atom stereocenters. The molecule has 29 heavy (non-hydrogen) atoms. The summed E-state index contributed by atoms with van der Waals surface area (Å²) in [6.07, 6.45) is 0. The molecule has 7 nitrogen and oxygen atoms in total. The maximum absolute atomic E-state index is 12.4. The summed E-state index contributed by atoms with van der Waals surface area (Å²) in [5, 5.41) is 10.7. The highest BCUT2D eigenvalue weighted by atomic mass is 16.5. The smallest absolute Gasteiger partial charge is 0.335 e. The molecule has 7 heteroatoms. The second kappa shape index (κ2) is 8.18. The molecule has 3 aromatic rings. The van der Waals surface area contributed by atoms with E-state index < -0.39 is 17.1 Å². The fourth-order valence-electron chi connectivity index (χ4n) is 3.01. The van der Waals surface area contributed by atoms with Crippen LogP contribution in [0, 0.1) is 0 Å². The number of aliphatic imine (C=N–C) groups is 1. The number of aromatic amines is 1. The molecule has 0 spiro atoms. The van der Waals surface area contributed by atoms with E-state index in [1.165, 1.54) is 12.7 Å². The molecular formula is C22H23N3O4. The van der Waals surface area contributed by atoms with Gasteiger partial charge in [-0.05, 0) is 54.8 Å². The molecule has 0 aliphatic rings. The average Bonchev–Trinajstić information content (AvgIpc) is 2.68. The maximum atomic E-state index is 12.4. The normalized spacial score (nSPS) is 11.7. The van der Waals surface area contributed by atoms with Crippen molar-refractivity contribution >= 4 is 11.4 Å². The molecule has 0 bridgehead atoms. The molecule has 0 fully saturated rings. The third-order valence-corrected chi connectivity index (χ3v) is 4.64. The Bertz CT molecular complexity index is 1150. The van der Waals surface area contributed by atoms with E-state index in [0.717, 1.165) is 4.57 Å². The first-order valence-electron chi connectivity index (χ1n) is 9.20. The summed E-state index contributed by atoms with van der Waals surface area (Å²) in [7, 11) is 1.53. The quantitative estimate of drug-likeness (QED) is 0.649. The van der Waals surface area contributed by atoms with Crippen LogP contribution in [0.2, 0.25) is 0 Å². The third-order valence-electron chi connectivity index (χ3n) is 4.64. The van der Waals surface area contributed by atoms with E-state index in [1.54, 1.807) is 31.2 Å². The molecular weight excluding hydrogens is 370 g/mol. The molecule has 2 aromatic carbocycles. The second-order valence-corrected chi connectivity index (χ2v) is 6.93. The van der Waals surface area contributed by atoms with Gasteiger partial charge < -0.3 is 9.84 Å². The molecule has 0 atom stereocenters. The Balaban J connectivity index is 2.09. The summed E-state index contributed by atoms with van der Waals surface area (Å²) in [4.78, 5) is 31.4. The van der Waals surface area contributed by atoms with Crippen molar-refractivity contribution in [2.45, 2.75) is 26.7 Å². The van der Waals surface area contributed by atoms with Gasteiger partial charge in [-0.15, -0.1) is 0 Å². The number of hydrogen-bond acceptors (Lipinski definition) is 5. The average molecular weight is 393 g/mol.